The Kier molecular flexibility index (Phi) is 5.55. The van der Waals surface area contributed by atoms with Gasteiger partial charge < -0.3 is 20.1 Å². The molecule has 0 fully saturated rings. The zero-order valence-electron chi connectivity index (χ0n) is 14.7. The largest absolute Gasteiger partial charge is 0.493 e. The van der Waals surface area contributed by atoms with E-state index in [2.05, 4.69) is 15.7 Å². The zero-order valence-corrected chi connectivity index (χ0v) is 14.7. The Morgan fingerprint density at radius 2 is 2.24 bits per heavy atom. The number of aryl methyl sites for hydroxylation is 1. The van der Waals surface area contributed by atoms with Crippen LogP contribution in [-0.4, -0.2) is 43.0 Å². The van der Waals surface area contributed by atoms with Crippen molar-refractivity contribution in [3.05, 3.63) is 41.2 Å². The predicted octanol–water partition coefficient (Wildman–Crippen LogP) is 1.37. The Morgan fingerprint density at radius 1 is 1.36 bits per heavy atom. The minimum absolute atomic E-state index is 0.151. The number of methoxy groups -OCH3 is 2. The molecule has 0 atom stereocenters. The summed E-state index contributed by atoms with van der Waals surface area (Å²) in [7, 11) is 3.23. The van der Waals surface area contributed by atoms with Crippen molar-refractivity contribution in [1.29, 1.82) is 0 Å². The van der Waals surface area contributed by atoms with Crippen LogP contribution in [0.25, 0.3) is 0 Å². The molecule has 2 aromatic rings. The molecule has 0 aliphatic carbocycles. The van der Waals surface area contributed by atoms with Crippen LogP contribution in [0.1, 0.15) is 28.2 Å². The first kappa shape index (κ1) is 17.3. The van der Waals surface area contributed by atoms with E-state index >= 15 is 0 Å². The number of nitrogens with zero attached hydrogens (tertiary/aromatic N) is 2. The van der Waals surface area contributed by atoms with Gasteiger partial charge in [-0.25, -0.2) is 0 Å². The van der Waals surface area contributed by atoms with Gasteiger partial charge in [-0.15, -0.1) is 0 Å². The van der Waals surface area contributed by atoms with E-state index < -0.39 is 0 Å². The van der Waals surface area contributed by atoms with Gasteiger partial charge in [0.25, 0.3) is 5.91 Å². The Hall–Kier alpha value is -2.54. The lowest BCUT2D eigenvalue weighted by Gasteiger charge is -2.12. The standard InChI is InChI=1S/C18H24N4O3/c1-24-16-6-3-5-13(17(16)25-2)7-9-20-18(23)15-11-14-12-19-8-4-10-22(14)21-15/h3,5-6,11,19H,4,7-10,12H2,1-2H3,(H,20,23). The molecule has 2 heterocycles. The fraction of sp³-hybridized carbons (Fsp3) is 0.444. The van der Waals surface area contributed by atoms with Gasteiger partial charge in [-0.2, -0.15) is 5.10 Å². The third-order valence-corrected chi connectivity index (χ3v) is 4.29. The number of ether oxygens (including phenoxy) is 2. The molecule has 0 saturated carbocycles. The molecule has 1 aliphatic rings. The highest BCUT2D eigenvalue weighted by Crippen LogP contribution is 2.30. The number of aromatic nitrogens is 2. The smallest absolute Gasteiger partial charge is 0.271 e. The van der Waals surface area contributed by atoms with Gasteiger partial charge in [-0.1, -0.05) is 12.1 Å². The van der Waals surface area contributed by atoms with Crippen molar-refractivity contribution in [2.24, 2.45) is 0 Å². The lowest BCUT2D eigenvalue weighted by atomic mass is 10.1. The van der Waals surface area contributed by atoms with E-state index in [-0.39, 0.29) is 5.91 Å². The van der Waals surface area contributed by atoms with Crippen LogP contribution < -0.4 is 20.1 Å². The van der Waals surface area contributed by atoms with Crippen LogP contribution in [0.2, 0.25) is 0 Å². The first-order valence-corrected chi connectivity index (χ1v) is 8.48. The van der Waals surface area contributed by atoms with E-state index in [4.69, 9.17) is 9.47 Å². The maximum Gasteiger partial charge on any atom is 0.271 e. The molecule has 2 N–H and O–H groups in total. The quantitative estimate of drug-likeness (QED) is 0.828. The maximum absolute atomic E-state index is 12.4. The van der Waals surface area contributed by atoms with E-state index in [1.165, 1.54) is 0 Å². The maximum atomic E-state index is 12.4. The highest BCUT2D eigenvalue weighted by molar-refractivity contribution is 5.92. The molecule has 0 unspecified atom stereocenters. The summed E-state index contributed by atoms with van der Waals surface area (Å²) in [6, 6.07) is 7.60. The topological polar surface area (TPSA) is 77.4 Å². The Morgan fingerprint density at radius 3 is 3.04 bits per heavy atom. The van der Waals surface area contributed by atoms with Crippen molar-refractivity contribution in [2.75, 3.05) is 27.3 Å². The zero-order chi connectivity index (χ0) is 17.6. The fourth-order valence-corrected chi connectivity index (χ4v) is 3.02. The van der Waals surface area contributed by atoms with Crippen molar-refractivity contribution in [3.8, 4) is 11.5 Å². The number of nitrogens with one attached hydrogen (secondary N) is 2. The summed E-state index contributed by atoms with van der Waals surface area (Å²) >= 11 is 0. The number of fused-ring (bicyclic) bond motifs is 1. The Balaban J connectivity index is 1.60. The average Bonchev–Trinajstić information content (AvgIpc) is 2.92. The van der Waals surface area contributed by atoms with E-state index in [0.717, 1.165) is 37.3 Å². The van der Waals surface area contributed by atoms with Gasteiger partial charge in [0.1, 0.15) is 5.69 Å². The molecule has 3 rings (SSSR count). The summed E-state index contributed by atoms with van der Waals surface area (Å²) in [5, 5.41) is 10.7. The second-order valence-electron chi connectivity index (χ2n) is 5.93. The second-order valence-corrected chi connectivity index (χ2v) is 5.93. The summed E-state index contributed by atoms with van der Waals surface area (Å²) in [6.07, 6.45) is 1.67. The molecule has 1 aromatic heterocycles. The van der Waals surface area contributed by atoms with Gasteiger partial charge in [0.05, 0.1) is 19.9 Å². The van der Waals surface area contributed by atoms with Crippen LogP contribution in [0.3, 0.4) is 0 Å². The summed E-state index contributed by atoms with van der Waals surface area (Å²) in [4.78, 5) is 12.4. The first-order chi connectivity index (χ1) is 12.2. The van der Waals surface area contributed by atoms with Crippen molar-refractivity contribution in [1.82, 2.24) is 20.4 Å². The average molecular weight is 344 g/mol. The third-order valence-electron chi connectivity index (χ3n) is 4.29. The SMILES string of the molecule is COc1cccc(CCNC(=O)c2cc3n(n2)CCCNC3)c1OC. The van der Waals surface area contributed by atoms with Gasteiger partial charge >= 0.3 is 0 Å². The summed E-state index contributed by atoms with van der Waals surface area (Å²) in [6.45, 7) is 3.08. The molecule has 1 aliphatic heterocycles. The van der Waals surface area contributed by atoms with Crippen molar-refractivity contribution in [2.45, 2.75) is 25.9 Å². The van der Waals surface area contributed by atoms with E-state index in [1.807, 2.05) is 28.9 Å². The van der Waals surface area contributed by atoms with Crippen molar-refractivity contribution >= 4 is 5.91 Å². The lowest BCUT2D eigenvalue weighted by Crippen LogP contribution is -2.26. The minimum Gasteiger partial charge on any atom is -0.493 e. The van der Waals surface area contributed by atoms with Crippen LogP contribution in [0.5, 0.6) is 11.5 Å². The van der Waals surface area contributed by atoms with Crippen LogP contribution >= 0.6 is 0 Å². The molecule has 134 valence electrons. The number of hydrogen-bond donors (Lipinski definition) is 2. The predicted molar refractivity (Wildman–Crippen MR) is 94.1 cm³/mol. The number of para-hydroxylation sites is 1. The molecule has 0 saturated heterocycles. The number of benzene rings is 1. The molecule has 25 heavy (non-hydrogen) atoms. The second kappa shape index (κ2) is 8.02. The number of hydrogen-bond acceptors (Lipinski definition) is 5. The summed E-state index contributed by atoms with van der Waals surface area (Å²) in [5.41, 5.74) is 2.51. The molecule has 0 bridgehead atoms. The third kappa shape index (κ3) is 3.93. The molecular weight excluding hydrogens is 320 g/mol. The van der Waals surface area contributed by atoms with Crippen molar-refractivity contribution < 1.29 is 14.3 Å². The molecule has 1 aromatic carbocycles. The van der Waals surface area contributed by atoms with Gasteiger partial charge in [0.15, 0.2) is 11.5 Å². The van der Waals surface area contributed by atoms with Crippen LogP contribution in [0.4, 0.5) is 0 Å². The number of amides is 1. The number of rotatable bonds is 6. The summed E-state index contributed by atoms with van der Waals surface area (Å²) < 4.78 is 12.6. The van der Waals surface area contributed by atoms with Crippen LogP contribution in [0.15, 0.2) is 24.3 Å². The normalized spacial score (nSPS) is 13.7. The molecule has 0 radical (unpaired) electrons. The minimum atomic E-state index is -0.151. The fourth-order valence-electron chi connectivity index (χ4n) is 3.02. The van der Waals surface area contributed by atoms with E-state index in [0.29, 0.717) is 30.2 Å². The van der Waals surface area contributed by atoms with Crippen LogP contribution in [-0.2, 0) is 19.5 Å². The van der Waals surface area contributed by atoms with Gasteiger partial charge in [-0.3, -0.25) is 9.48 Å². The number of carbonyl (C=O) groups excluding carboxylic acids is 1. The Labute approximate surface area is 147 Å². The number of carbonyl (C=O) groups is 1. The monoisotopic (exact) mass is 344 g/mol. The van der Waals surface area contributed by atoms with Gasteiger partial charge in [0.2, 0.25) is 0 Å². The molecule has 7 heteroatoms. The molecule has 7 nitrogen and oxygen atoms in total. The highest BCUT2D eigenvalue weighted by Gasteiger charge is 2.16. The lowest BCUT2D eigenvalue weighted by molar-refractivity contribution is 0.0948. The van der Waals surface area contributed by atoms with E-state index in [9.17, 15) is 4.79 Å². The highest BCUT2D eigenvalue weighted by atomic mass is 16.5. The Bertz CT molecular complexity index is 718. The van der Waals surface area contributed by atoms with Crippen LogP contribution in [0, 0.1) is 0 Å². The molecule has 0 spiro atoms. The van der Waals surface area contributed by atoms with Gasteiger partial charge in [-0.05, 0) is 37.1 Å². The molecular formula is C18H24N4O3. The van der Waals surface area contributed by atoms with E-state index in [1.54, 1.807) is 14.2 Å². The molecule has 1 amide bonds. The summed E-state index contributed by atoms with van der Waals surface area (Å²) in [5.74, 6) is 1.25. The van der Waals surface area contributed by atoms with Gasteiger partial charge in [0, 0.05) is 19.6 Å². The first-order valence-electron chi connectivity index (χ1n) is 8.48. The van der Waals surface area contributed by atoms with Crippen molar-refractivity contribution in [3.63, 3.8) is 0 Å².